The van der Waals surface area contributed by atoms with E-state index in [2.05, 4.69) is 15.4 Å². The summed E-state index contributed by atoms with van der Waals surface area (Å²) < 4.78 is 42.8. The highest BCUT2D eigenvalue weighted by Crippen LogP contribution is 2.19. The van der Waals surface area contributed by atoms with Gasteiger partial charge in [0, 0.05) is 13.7 Å². The van der Waals surface area contributed by atoms with E-state index in [1.807, 2.05) is 6.92 Å². The van der Waals surface area contributed by atoms with E-state index in [0.717, 1.165) is 11.3 Å². The fraction of sp³-hybridized carbons (Fsp3) is 0.417. The van der Waals surface area contributed by atoms with E-state index in [9.17, 15) is 18.0 Å². The predicted octanol–water partition coefficient (Wildman–Crippen LogP) is 1.60. The molecule has 2 aromatic rings. The van der Waals surface area contributed by atoms with Crippen molar-refractivity contribution in [2.24, 2.45) is 0 Å². The van der Waals surface area contributed by atoms with Gasteiger partial charge in [0.25, 0.3) is 0 Å². The zero-order valence-electron chi connectivity index (χ0n) is 11.9. The first-order chi connectivity index (χ1) is 10.3. The van der Waals surface area contributed by atoms with Crippen LogP contribution in [0.2, 0.25) is 0 Å². The van der Waals surface area contributed by atoms with Gasteiger partial charge in [0.05, 0.1) is 18.5 Å². The molecule has 0 unspecified atom stereocenters. The zero-order valence-corrected chi connectivity index (χ0v) is 11.9. The van der Waals surface area contributed by atoms with Crippen LogP contribution >= 0.6 is 0 Å². The highest BCUT2D eigenvalue weighted by Gasteiger charge is 2.39. The van der Waals surface area contributed by atoms with Crippen LogP contribution in [-0.2, 0) is 9.53 Å². The summed E-state index contributed by atoms with van der Waals surface area (Å²) in [7, 11) is 1.57. The van der Waals surface area contributed by atoms with Crippen molar-refractivity contribution in [2.75, 3.05) is 30.9 Å². The molecule has 0 aliphatic heterocycles. The lowest BCUT2D eigenvalue weighted by Gasteiger charge is -2.08. The summed E-state index contributed by atoms with van der Waals surface area (Å²) >= 11 is 0. The molecule has 0 saturated heterocycles. The minimum absolute atomic E-state index is 0.326. The molecule has 1 amide bonds. The van der Waals surface area contributed by atoms with Gasteiger partial charge in [-0.1, -0.05) is 0 Å². The molecule has 2 heterocycles. The quantitative estimate of drug-likeness (QED) is 0.819. The Morgan fingerprint density at radius 2 is 2.18 bits per heavy atom. The number of nitrogens with one attached hydrogen (secondary N) is 2. The first kappa shape index (κ1) is 16.0. The van der Waals surface area contributed by atoms with Crippen molar-refractivity contribution in [1.82, 2.24) is 14.6 Å². The highest BCUT2D eigenvalue weighted by atomic mass is 19.4. The molecule has 120 valence electrons. The van der Waals surface area contributed by atoms with Gasteiger partial charge in [-0.15, -0.1) is 5.10 Å². The summed E-state index contributed by atoms with van der Waals surface area (Å²) in [5, 5.41) is 8.51. The van der Waals surface area contributed by atoms with Gasteiger partial charge < -0.3 is 10.1 Å². The second-order valence-corrected chi connectivity index (χ2v) is 4.48. The first-order valence-corrected chi connectivity index (χ1v) is 6.29. The Kier molecular flexibility index (Phi) is 4.50. The predicted molar refractivity (Wildman–Crippen MR) is 72.8 cm³/mol. The van der Waals surface area contributed by atoms with Crippen molar-refractivity contribution in [3.8, 4) is 0 Å². The van der Waals surface area contributed by atoms with Crippen LogP contribution in [0.3, 0.4) is 0 Å². The molecular weight excluding hydrogens is 303 g/mol. The van der Waals surface area contributed by atoms with Gasteiger partial charge in [-0.3, -0.25) is 10.1 Å². The third kappa shape index (κ3) is 3.64. The number of anilines is 2. The number of carbonyl (C=O) groups excluding carboxylic acids is 1. The number of methoxy groups -OCH3 is 1. The standard InChI is InChI=1S/C12H14F3N5O2/c1-7-5-9-17-11(18-10(21)12(13,14)15)19-20(9)6-8(7)16-3-4-22-2/h5-6,16H,3-4H2,1-2H3,(H,18,19,21). The average molecular weight is 317 g/mol. The Morgan fingerprint density at radius 1 is 1.45 bits per heavy atom. The molecule has 0 saturated carbocycles. The first-order valence-electron chi connectivity index (χ1n) is 6.29. The molecule has 2 N–H and O–H groups in total. The van der Waals surface area contributed by atoms with Crippen LogP contribution in [0.25, 0.3) is 5.65 Å². The molecule has 0 atom stereocenters. The van der Waals surface area contributed by atoms with E-state index in [0.29, 0.717) is 18.8 Å². The minimum Gasteiger partial charge on any atom is -0.383 e. The maximum absolute atomic E-state index is 12.2. The van der Waals surface area contributed by atoms with E-state index in [1.54, 1.807) is 24.7 Å². The number of ether oxygens (including phenoxy) is 1. The number of halogens is 3. The number of fused-ring (bicyclic) bond motifs is 1. The van der Waals surface area contributed by atoms with Crippen LogP contribution in [0.1, 0.15) is 5.56 Å². The van der Waals surface area contributed by atoms with Gasteiger partial charge in [-0.2, -0.15) is 18.2 Å². The summed E-state index contributed by atoms with van der Waals surface area (Å²) in [6.45, 7) is 2.88. The van der Waals surface area contributed by atoms with Crippen LogP contribution in [0, 0.1) is 6.92 Å². The molecule has 0 fully saturated rings. The number of hydrogen-bond donors (Lipinski definition) is 2. The molecule has 0 radical (unpaired) electrons. The monoisotopic (exact) mass is 317 g/mol. The molecule has 22 heavy (non-hydrogen) atoms. The van der Waals surface area contributed by atoms with E-state index in [1.165, 1.54) is 4.52 Å². The van der Waals surface area contributed by atoms with E-state index in [-0.39, 0.29) is 0 Å². The number of alkyl halides is 3. The minimum atomic E-state index is -4.99. The third-order valence-electron chi connectivity index (χ3n) is 2.78. The molecule has 0 spiro atoms. The number of nitrogens with zero attached hydrogens (tertiary/aromatic N) is 3. The van der Waals surface area contributed by atoms with Crippen molar-refractivity contribution in [1.29, 1.82) is 0 Å². The molecular formula is C12H14F3N5O2. The molecule has 0 aliphatic rings. The van der Waals surface area contributed by atoms with Crippen LogP contribution in [0.15, 0.2) is 12.3 Å². The van der Waals surface area contributed by atoms with Crippen LogP contribution in [0.5, 0.6) is 0 Å². The fourth-order valence-electron chi connectivity index (χ4n) is 1.72. The van der Waals surface area contributed by atoms with Gasteiger partial charge in [-0.25, -0.2) is 4.52 Å². The van der Waals surface area contributed by atoms with Crippen LogP contribution < -0.4 is 10.6 Å². The number of hydrogen-bond acceptors (Lipinski definition) is 5. The molecule has 7 nitrogen and oxygen atoms in total. The number of amides is 1. The lowest BCUT2D eigenvalue weighted by Crippen LogP contribution is -2.30. The smallest absolute Gasteiger partial charge is 0.383 e. The Balaban J connectivity index is 2.21. The third-order valence-corrected chi connectivity index (χ3v) is 2.78. The zero-order chi connectivity index (χ0) is 16.3. The fourth-order valence-corrected chi connectivity index (χ4v) is 1.72. The lowest BCUT2D eigenvalue weighted by atomic mass is 10.2. The average Bonchev–Trinajstić information content (AvgIpc) is 2.79. The summed E-state index contributed by atoms with van der Waals surface area (Å²) in [5.41, 5.74) is 1.90. The summed E-state index contributed by atoms with van der Waals surface area (Å²) in [5.74, 6) is -2.52. The van der Waals surface area contributed by atoms with Gasteiger partial charge in [0.15, 0.2) is 5.65 Å². The van der Waals surface area contributed by atoms with E-state index >= 15 is 0 Å². The Bertz CT molecular complexity index is 683. The topological polar surface area (TPSA) is 80.5 Å². The van der Waals surface area contributed by atoms with Crippen molar-refractivity contribution in [3.63, 3.8) is 0 Å². The highest BCUT2D eigenvalue weighted by molar-refractivity contribution is 5.93. The normalized spacial score (nSPS) is 11.7. The second kappa shape index (κ2) is 6.18. The van der Waals surface area contributed by atoms with Crippen molar-refractivity contribution < 1.29 is 22.7 Å². The number of rotatable bonds is 5. The second-order valence-electron chi connectivity index (χ2n) is 4.48. The molecule has 0 bridgehead atoms. The molecule has 10 heteroatoms. The molecule has 2 rings (SSSR count). The summed E-state index contributed by atoms with van der Waals surface area (Å²) in [6.07, 6.45) is -3.41. The van der Waals surface area contributed by atoms with Crippen molar-refractivity contribution >= 4 is 23.2 Å². The van der Waals surface area contributed by atoms with Crippen LogP contribution in [-0.4, -0.2) is 46.9 Å². The Labute approximate surface area is 123 Å². The van der Waals surface area contributed by atoms with Gasteiger partial charge in [-0.05, 0) is 18.6 Å². The number of pyridine rings is 1. The SMILES string of the molecule is COCCNc1cn2nc(NC(=O)C(F)(F)F)nc2cc1C. The Morgan fingerprint density at radius 3 is 2.82 bits per heavy atom. The van der Waals surface area contributed by atoms with Crippen molar-refractivity contribution in [2.45, 2.75) is 13.1 Å². The van der Waals surface area contributed by atoms with E-state index < -0.39 is 18.0 Å². The van der Waals surface area contributed by atoms with Crippen molar-refractivity contribution in [3.05, 3.63) is 17.8 Å². The molecule has 0 aliphatic carbocycles. The van der Waals surface area contributed by atoms with Gasteiger partial charge >= 0.3 is 12.1 Å². The van der Waals surface area contributed by atoms with Crippen LogP contribution in [0.4, 0.5) is 24.8 Å². The summed E-state index contributed by atoms with van der Waals surface area (Å²) in [4.78, 5) is 14.7. The Hall–Kier alpha value is -2.36. The summed E-state index contributed by atoms with van der Waals surface area (Å²) in [6, 6.07) is 1.64. The number of aromatic nitrogens is 3. The maximum atomic E-state index is 12.2. The number of carbonyl (C=O) groups is 1. The maximum Gasteiger partial charge on any atom is 0.471 e. The largest absolute Gasteiger partial charge is 0.471 e. The van der Waals surface area contributed by atoms with Gasteiger partial charge in [0.2, 0.25) is 5.95 Å². The molecule has 2 aromatic heterocycles. The van der Waals surface area contributed by atoms with E-state index in [4.69, 9.17) is 4.74 Å². The number of aryl methyl sites for hydroxylation is 1. The lowest BCUT2D eigenvalue weighted by molar-refractivity contribution is -0.167. The van der Waals surface area contributed by atoms with Gasteiger partial charge in [0.1, 0.15) is 0 Å². The molecule has 0 aromatic carbocycles.